The van der Waals surface area contributed by atoms with Gasteiger partial charge >= 0.3 is 0 Å². The zero-order chi connectivity index (χ0) is 18.2. The summed E-state index contributed by atoms with van der Waals surface area (Å²) in [6, 6.07) is 10.8. The van der Waals surface area contributed by atoms with Crippen molar-refractivity contribution in [1.82, 2.24) is 4.57 Å². The number of benzene rings is 1. The molecule has 0 saturated heterocycles. The highest BCUT2D eigenvalue weighted by molar-refractivity contribution is 5.18. The van der Waals surface area contributed by atoms with Crippen LogP contribution >= 0.6 is 0 Å². The summed E-state index contributed by atoms with van der Waals surface area (Å²) in [5, 5.41) is 10.1. The molecule has 25 heavy (non-hydrogen) atoms. The van der Waals surface area contributed by atoms with Crippen molar-refractivity contribution in [1.29, 1.82) is 0 Å². The maximum atomic E-state index is 13.4. The third-order valence-electron chi connectivity index (χ3n) is 4.18. The van der Waals surface area contributed by atoms with Crippen LogP contribution in [0.5, 0.6) is 0 Å². The number of rotatable bonds is 10. The van der Waals surface area contributed by atoms with Crippen LogP contribution in [0.2, 0.25) is 0 Å². The zero-order valence-corrected chi connectivity index (χ0v) is 15.4. The standard InChI is InChI=1S/C20H29FN2O2/c1-16(2)11-22(14-20(24)15-25-3)13-19-8-5-9-23(19)12-17-6-4-7-18(21)10-17/h4-10,16,20,24H,11-15H2,1-3H3/p+1/t20-/m1/s1. The van der Waals surface area contributed by atoms with Crippen molar-refractivity contribution in [2.75, 3.05) is 26.8 Å². The molecule has 2 rings (SSSR count). The lowest BCUT2D eigenvalue weighted by molar-refractivity contribution is -0.920. The number of ether oxygens (including phenoxy) is 1. The van der Waals surface area contributed by atoms with Crippen LogP contribution in [-0.4, -0.2) is 42.6 Å². The molecular formula is C20H30FN2O2+. The minimum atomic E-state index is -0.467. The summed E-state index contributed by atoms with van der Waals surface area (Å²) in [7, 11) is 1.61. The largest absolute Gasteiger partial charge is 0.385 e. The first-order valence-electron chi connectivity index (χ1n) is 8.87. The van der Waals surface area contributed by atoms with Crippen molar-refractivity contribution in [3.8, 4) is 0 Å². The number of hydrogen-bond acceptors (Lipinski definition) is 2. The molecule has 1 unspecified atom stereocenters. The lowest BCUT2D eigenvalue weighted by Gasteiger charge is -2.24. The molecule has 1 aromatic heterocycles. The van der Waals surface area contributed by atoms with Gasteiger partial charge in [-0.15, -0.1) is 0 Å². The van der Waals surface area contributed by atoms with Crippen LogP contribution in [0.1, 0.15) is 25.1 Å². The number of nitrogens with zero attached hydrogens (tertiary/aromatic N) is 1. The smallest absolute Gasteiger partial charge is 0.126 e. The predicted octanol–water partition coefficient (Wildman–Crippen LogP) is 1.72. The van der Waals surface area contributed by atoms with Crippen LogP contribution in [0.4, 0.5) is 4.39 Å². The SMILES string of the molecule is COC[C@H](O)C[NH+](Cc1cccn1Cc1cccc(F)c1)CC(C)C. The van der Waals surface area contributed by atoms with Gasteiger partial charge in [0.2, 0.25) is 0 Å². The van der Waals surface area contributed by atoms with Gasteiger partial charge in [0.1, 0.15) is 25.0 Å². The molecule has 0 aliphatic heterocycles. The van der Waals surface area contributed by atoms with E-state index in [-0.39, 0.29) is 5.82 Å². The van der Waals surface area contributed by atoms with Crippen LogP contribution in [0, 0.1) is 11.7 Å². The van der Waals surface area contributed by atoms with Gasteiger partial charge in [0.25, 0.3) is 0 Å². The van der Waals surface area contributed by atoms with E-state index < -0.39 is 6.10 Å². The van der Waals surface area contributed by atoms with E-state index >= 15 is 0 Å². The molecule has 0 aliphatic rings. The Labute approximate surface area is 149 Å². The lowest BCUT2D eigenvalue weighted by atomic mass is 10.2. The van der Waals surface area contributed by atoms with Crippen LogP contribution in [0.15, 0.2) is 42.6 Å². The number of quaternary nitrogens is 1. The van der Waals surface area contributed by atoms with E-state index in [0.717, 1.165) is 18.7 Å². The predicted molar refractivity (Wildman–Crippen MR) is 97.1 cm³/mol. The number of nitrogens with one attached hydrogen (secondary N) is 1. The quantitative estimate of drug-likeness (QED) is 0.686. The van der Waals surface area contributed by atoms with Crippen molar-refractivity contribution in [2.24, 2.45) is 5.92 Å². The second kappa shape index (κ2) is 9.70. The number of hydrogen-bond donors (Lipinski definition) is 2. The van der Waals surface area contributed by atoms with Gasteiger partial charge in [0.05, 0.1) is 18.8 Å². The maximum absolute atomic E-state index is 13.4. The minimum absolute atomic E-state index is 0.207. The van der Waals surface area contributed by atoms with Gasteiger partial charge in [-0.1, -0.05) is 26.0 Å². The van der Waals surface area contributed by atoms with Gasteiger partial charge in [-0.25, -0.2) is 4.39 Å². The van der Waals surface area contributed by atoms with Crippen molar-refractivity contribution in [2.45, 2.75) is 33.0 Å². The molecule has 1 heterocycles. The van der Waals surface area contributed by atoms with Crippen molar-refractivity contribution in [3.05, 3.63) is 59.7 Å². The summed E-state index contributed by atoms with van der Waals surface area (Å²) in [4.78, 5) is 1.32. The van der Waals surface area contributed by atoms with E-state index in [4.69, 9.17) is 4.74 Å². The summed E-state index contributed by atoms with van der Waals surface area (Å²) in [5.41, 5.74) is 2.13. The molecule has 2 aromatic rings. The highest BCUT2D eigenvalue weighted by Gasteiger charge is 2.18. The van der Waals surface area contributed by atoms with E-state index in [1.807, 2.05) is 18.3 Å². The zero-order valence-electron chi connectivity index (χ0n) is 15.4. The Morgan fingerprint density at radius 3 is 2.68 bits per heavy atom. The molecule has 0 radical (unpaired) electrons. The number of halogens is 1. The molecule has 0 amide bonds. The molecule has 5 heteroatoms. The van der Waals surface area contributed by atoms with Crippen LogP contribution in [0.25, 0.3) is 0 Å². The monoisotopic (exact) mass is 349 g/mol. The minimum Gasteiger partial charge on any atom is -0.385 e. The number of methoxy groups -OCH3 is 1. The summed E-state index contributed by atoms with van der Waals surface area (Å²) in [6.45, 7) is 7.83. The van der Waals surface area contributed by atoms with E-state index in [2.05, 4.69) is 24.5 Å². The second-order valence-electron chi connectivity index (χ2n) is 7.10. The van der Waals surface area contributed by atoms with Crippen LogP contribution < -0.4 is 4.90 Å². The molecule has 0 bridgehead atoms. The Hall–Kier alpha value is -1.69. The Morgan fingerprint density at radius 1 is 1.20 bits per heavy atom. The first-order chi connectivity index (χ1) is 12.0. The Kier molecular flexibility index (Phi) is 7.62. The van der Waals surface area contributed by atoms with Crippen molar-refractivity contribution < 1.29 is 19.1 Å². The average Bonchev–Trinajstić information content (AvgIpc) is 2.93. The van der Waals surface area contributed by atoms with E-state index in [9.17, 15) is 9.50 Å². The molecule has 0 aliphatic carbocycles. The van der Waals surface area contributed by atoms with Gasteiger partial charge in [0.15, 0.2) is 0 Å². The molecular weight excluding hydrogens is 319 g/mol. The van der Waals surface area contributed by atoms with Crippen molar-refractivity contribution in [3.63, 3.8) is 0 Å². The number of aliphatic hydroxyl groups excluding tert-OH is 1. The van der Waals surface area contributed by atoms with Crippen LogP contribution in [0.3, 0.4) is 0 Å². The summed E-state index contributed by atoms with van der Waals surface area (Å²) in [6.07, 6.45) is 1.56. The van der Waals surface area contributed by atoms with E-state index in [1.54, 1.807) is 19.2 Å². The molecule has 138 valence electrons. The Balaban J connectivity index is 2.07. The van der Waals surface area contributed by atoms with Crippen molar-refractivity contribution >= 4 is 0 Å². The summed E-state index contributed by atoms with van der Waals surface area (Å²) >= 11 is 0. The molecule has 1 aromatic carbocycles. The molecule has 0 fully saturated rings. The Bertz CT molecular complexity index is 642. The highest BCUT2D eigenvalue weighted by Crippen LogP contribution is 2.09. The van der Waals surface area contributed by atoms with E-state index in [1.165, 1.54) is 16.7 Å². The molecule has 0 saturated carbocycles. The van der Waals surface area contributed by atoms with Gasteiger partial charge in [-0.05, 0) is 29.8 Å². The lowest BCUT2D eigenvalue weighted by Crippen LogP contribution is -3.12. The van der Waals surface area contributed by atoms with Gasteiger partial charge in [0, 0.05) is 25.8 Å². The summed E-state index contributed by atoms with van der Waals surface area (Å²) < 4.78 is 20.6. The second-order valence-corrected chi connectivity index (χ2v) is 7.10. The normalized spacial score (nSPS) is 14.0. The van der Waals surface area contributed by atoms with E-state index in [0.29, 0.717) is 25.6 Å². The van der Waals surface area contributed by atoms with Crippen LogP contribution in [-0.2, 0) is 17.8 Å². The first-order valence-corrected chi connectivity index (χ1v) is 8.87. The molecule has 4 nitrogen and oxygen atoms in total. The highest BCUT2D eigenvalue weighted by atomic mass is 19.1. The topological polar surface area (TPSA) is 38.8 Å². The number of aromatic nitrogens is 1. The fraction of sp³-hybridized carbons (Fsp3) is 0.500. The maximum Gasteiger partial charge on any atom is 0.126 e. The fourth-order valence-electron chi connectivity index (χ4n) is 3.24. The number of aliphatic hydroxyl groups is 1. The average molecular weight is 349 g/mol. The van der Waals surface area contributed by atoms with Gasteiger partial charge < -0.3 is 19.3 Å². The molecule has 2 N–H and O–H groups in total. The molecule has 2 atom stereocenters. The summed E-state index contributed by atoms with van der Waals surface area (Å²) in [5.74, 6) is 0.331. The van der Waals surface area contributed by atoms with Gasteiger partial charge in [-0.2, -0.15) is 0 Å². The first kappa shape index (κ1) is 19.6. The third-order valence-corrected chi connectivity index (χ3v) is 4.18. The third kappa shape index (κ3) is 6.61. The fourth-order valence-corrected chi connectivity index (χ4v) is 3.24. The van der Waals surface area contributed by atoms with Gasteiger partial charge in [-0.3, -0.25) is 0 Å². The Morgan fingerprint density at radius 2 is 2.00 bits per heavy atom. The molecule has 0 spiro atoms.